The second-order valence-electron chi connectivity index (χ2n) is 6.17. The van der Waals surface area contributed by atoms with Crippen molar-refractivity contribution in [2.75, 3.05) is 11.4 Å². The van der Waals surface area contributed by atoms with Crippen LogP contribution in [0.25, 0.3) is 0 Å². The molecule has 1 heterocycles. The maximum atomic E-state index is 12.0. The summed E-state index contributed by atoms with van der Waals surface area (Å²) < 4.78 is 0. The van der Waals surface area contributed by atoms with Gasteiger partial charge in [-0.2, -0.15) is 0 Å². The molecule has 0 fully saturated rings. The Morgan fingerprint density at radius 3 is 2.61 bits per heavy atom. The van der Waals surface area contributed by atoms with Crippen LogP contribution in [0.3, 0.4) is 0 Å². The molecule has 2 rings (SSSR count). The first-order chi connectivity index (χ1) is 8.43. The molecule has 2 heteroatoms. The fourth-order valence-electron chi connectivity index (χ4n) is 2.41. The van der Waals surface area contributed by atoms with Crippen LogP contribution in [0.1, 0.15) is 51.7 Å². The average Bonchev–Trinajstić information content (AvgIpc) is 2.60. The van der Waals surface area contributed by atoms with E-state index >= 15 is 0 Å². The van der Waals surface area contributed by atoms with Crippen molar-refractivity contribution < 1.29 is 4.79 Å². The second kappa shape index (κ2) is 4.75. The van der Waals surface area contributed by atoms with Crippen molar-refractivity contribution in [2.45, 2.75) is 52.4 Å². The van der Waals surface area contributed by atoms with Crippen LogP contribution < -0.4 is 4.90 Å². The summed E-state index contributed by atoms with van der Waals surface area (Å²) in [6.07, 6.45) is 2.77. The standard InChI is InChI=1S/C16H23NO/c1-5-6-9-17-14-8-7-13(16(2,3)4)10-12(14)11-15(17)18/h7-8,10H,5-6,9,11H2,1-4H3. The lowest BCUT2D eigenvalue weighted by Crippen LogP contribution is -2.27. The van der Waals surface area contributed by atoms with Gasteiger partial charge in [-0.15, -0.1) is 0 Å². The Hall–Kier alpha value is -1.31. The Morgan fingerprint density at radius 2 is 2.00 bits per heavy atom. The highest BCUT2D eigenvalue weighted by atomic mass is 16.2. The number of benzene rings is 1. The van der Waals surface area contributed by atoms with Gasteiger partial charge in [-0.3, -0.25) is 4.79 Å². The van der Waals surface area contributed by atoms with Crippen molar-refractivity contribution in [2.24, 2.45) is 0 Å². The third-order valence-electron chi connectivity index (χ3n) is 3.61. The van der Waals surface area contributed by atoms with E-state index in [0.717, 1.165) is 25.1 Å². The second-order valence-corrected chi connectivity index (χ2v) is 6.17. The van der Waals surface area contributed by atoms with Crippen LogP contribution in [0.15, 0.2) is 18.2 Å². The van der Waals surface area contributed by atoms with E-state index in [9.17, 15) is 4.79 Å². The number of anilines is 1. The minimum absolute atomic E-state index is 0.148. The van der Waals surface area contributed by atoms with Gasteiger partial charge >= 0.3 is 0 Å². The van der Waals surface area contributed by atoms with Crippen LogP contribution in [0, 0.1) is 0 Å². The highest BCUT2D eigenvalue weighted by molar-refractivity contribution is 6.01. The molecule has 0 aliphatic carbocycles. The Labute approximate surface area is 110 Å². The number of rotatable bonds is 3. The van der Waals surface area contributed by atoms with Gasteiger partial charge in [0.15, 0.2) is 0 Å². The van der Waals surface area contributed by atoms with E-state index in [1.807, 2.05) is 4.90 Å². The molecule has 0 saturated heterocycles. The summed E-state index contributed by atoms with van der Waals surface area (Å²) in [5.41, 5.74) is 3.78. The van der Waals surface area contributed by atoms with Crippen LogP contribution in [0.2, 0.25) is 0 Å². The molecule has 98 valence electrons. The molecule has 0 radical (unpaired) electrons. The topological polar surface area (TPSA) is 20.3 Å². The molecule has 1 aromatic carbocycles. The van der Waals surface area contributed by atoms with E-state index in [2.05, 4.69) is 45.9 Å². The molecule has 0 spiro atoms. The molecule has 0 bridgehead atoms. The first-order valence-electron chi connectivity index (χ1n) is 6.87. The minimum Gasteiger partial charge on any atom is -0.312 e. The van der Waals surface area contributed by atoms with Crippen molar-refractivity contribution in [3.8, 4) is 0 Å². The zero-order chi connectivity index (χ0) is 13.3. The molecule has 1 aromatic rings. The van der Waals surface area contributed by atoms with Gasteiger partial charge in [-0.05, 0) is 29.0 Å². The summed E-state index contributed by atoms with van der Waals surface area (Å²) in [6.45, 7) is 9.64. The normalized spacial score (nSPS) is 15.1. The Bertz CT molecular complexity index is 457. The lowest BCUT2D eigenvalue weighted by molar-refractivity contribution is -0.117. The number of hydrogen-bond acceptors (Lipinski definition) is 1. The van der Waals surface area contributed by atoms with Crippen LogP contribution in [-0.4, -0.2) is 12.5 Å². The largest absolute Gasteiger partial charge is 0.312 e. The Morgan fingerprint density at radius 1 is 1.28 bits per heavy atom. The summed E-state index contributed by atoms with van der Waals surface area (Å²) in [6, 6.07) is 6.49. The highest BCUT2D eigenvalue weighted by Gasteiger charge is 2.27. The van der Waals surface area contributed by atoms with E-state index in [1.165, 1.54) is 11.1 Å². The predicted molar refractivity (Wildman–Crippen MR) is 76.1 cm³/mol. The fraction of sp³-hybridized carbons (Fsp3) is 0.562. The molecule has 0 saturated carbocycles. The van der Waals surface area contributed by atoms with E-state index in [1.54, 1.807) is 0 Å². The molecular weight excluding hydrogens is 222 g/mol. The summed E-state index contributed by atoms with van der Waals surface area (Å²) >= 11 is 0. The number of hydrogen-bond donors (Lipinski definition) is 0. The van der Waals surface area contributed by atoms with Crippen LogP contribution in [0.4, 0.5) is 5.69 Å². The Balaban J connectivity index is 2.29. The SMILES string of the molecule is CCCCN1C(=O)Cc2cc(C(C)(C)C)ccc21. The maximum absolute atomic E-state index is 12.0. The highest BCUT2D eigenvalue weighted by Crippen LogP contribution is 2.33. The molecule has 1 aliphatic heterocycles. The average molecular weight is 245 g/mol. The van der Waals surface area contributed by atoms with Gasteiger partial charge in [-0.25, -0.2) is 0 Å². The predicted octanol–water partition coefficient (Wildman–Crippen LogP) is 3.67. The number of carbonyl (C=O) groups excluding carboxylic acids is 1. The van der Waals surface area contributed by atoms with Crippen molar-refractivity contribution in [1.29, 1.82) is 0 Å². The van der Waals surface area contributed by atoms with Gasteiger partial charge in [0.25, 0.3) is 0 Å². The monoisotopic (exact) mass is 245 g/mol. The zero-order valence-electron chi connectivity index (χ0n) is 11.9. The number of amides is 1. The molecule has 18 heavy (non-hydrogen) atoms. The minimum atomic E-state index is 0.148. The number of nitrogens with zero attached hydrogens (tertiary/aromatic N) is 1. The van der Waals surface area contributed by atoms with Crippen molar-refractivity contribution in [3.63, 3.8) is 0 Å². The van der Waals surface area contributed by atoms with Gasteiger partial charge in [0.2, 0.25) is 5.91 Å². The molecule has 0 N–H and O–H groups in total. The third kappa shape index (κ3) is 2.43. The fourth-order valence-corrected chi connectivity index (χ4v) is 2.41. The first kappa shape index (κ1) is 13.1. The molecule has 2 nitrogen and oxygen atoms in total. The number of fused-ring (bicyclic) bond motifs is 1. The lowest BCUT2D eigenvalue weighted by atomic mass is 9.86. The summed E-state index contributed by atoms with van der Waals surface area (Å²) in [7, 11) is 0. The van der Waals surface area contributed by atoms with E-state index < -0.39 is 0 Å². The first-order valence-corrected chi connectivity index (χ1v) is 6.87. The smallest absolute Gasteiger partial charge is 0.231 e. The van der Waals surface area contributed by atoms with Gasteiger partial charge in [0, 0.05) is 12.2 Å². The van der Waals surface area contributed by atoms with E-state index in [4.69, 9.17) is 0 Å². The van der Waals surface area contributed by atoms with Gasteiger partial charge in [0.1, 0.15) is 0 Å². The molecular formula is C16H23NO. The summed E-state index contributed by atoms with van der Waals surface area (Å²) in [5, 5.41) is 0. The van der Waals surface area contributed by atoms with Gasteiger partial charge in [-0.1, -0.05) is 46.2 Å². The quantitative estimate of drug-likeness (QED) is 0.795. The van der Waals surface area contributed by atoms with Crippen LogP contribution in [-0.2, 0) is 16.6 Å². The van der Waals surface area contributed by atoms with Gasteiger partial charge < -0.3 is 4.90 Å². The molecule has 0 atom stereocenters. The molecule has 0 aromatic heterocycles. The van der Waals surface area contributed by atoms with Crippen molar-refractivity contribution in [3.05, 3.63) is 29.3 Å². The third-order valence-corrected chi connectivity index (χ3v) is 3.61. The zero-order valence-corrected chi connectivity index (χ0v) is 11.9. The summed E-state index contributed by atoms with van der Waals surface area (Å²) in [4.78, 5) is 14.0. The van der Waals surface area contributed by atoms with E-state index in [-0.39, 0.29) is 11.3 Å². The molecule has 1 aliphatic rings. The Kier molecular flexibility index (Phi) is 3.47. The van der Waals surface area contributed by atoms with E-state index in [0.29, 0.717) is 6.42 Å². The number of carbonyl (C=O) groups is 1. The summed E-state index contributed by atoms with van der Waals surface area (Å²) in [5.74, 6) is 0.254. The number of unbranched alkanes of at least 4 members (excludes halogenated alkanes) is 1. The van der Waals surface area contributed by atoms with Crippen molar-refractivity contribution in [1.82, 2.24) is 0 Å². The maximum Gasteiger partial charge on any atom is 0.231 e. The van der Waals surface area contributed by atoms with Crippen molar-refractivity contribution >= 4 is 11.6 Å². The molecule has 1 amide bonds. The lowest BCUT2D eigenvalue weighted by Gasteiger charge is -2.21. The van der Waals surface area contributed by atoms with Crippen LogP contribution >= 0.6 is 0 Å². The van der Waals surface area contributed by atoms with Crippen LogP contribution in [0.5, 0.6) is 0 Å². The van der Waals surface area contributed by atoms with Gasteiger partial charge in [0.05, 0.1) is 6.42 Å². The molecule has 0 unspecified atom stereocenters.